The van der Waals surface area contributed by atoms with Gasteiger partial charge in [0.05, 0.1) is 0 Å². The van der Waals surface area contributed by atoms with Crippen LogP contribution in [0.1, 0.15) is 0 Å². The average Bonchev–Trinajstić information content (AvgIpc) is 1.94. The summed E-state index contributed by atoms with van der Waals surface area (Å²) in [5, 5.41) is 0. The number of nitrogens with zero attached hydrogens (tertiary/aromatic N) is 1. The minimum atomic E-state index is 0.646. The third kappa shape index (κ3) is 4.73. The zero-order valence-corrected chi connectivity index (χ0v) is 7.97. The fourth-order valence-electron chi connectivity index (χ4n) is 0.614. The first-order chi connectivity index (χ1) is 4.39. The Kier molecular flexibility index (Phi) is 6.55. The van der Waals surface area contributed by atoms with Gasteiger partial charge in [0.25, 0.3) is 0 Å². The molecule has 0 unspecified atom stereocenters. The molecule has 1 rings (SSSR count). The second-order valence-corrected chi connectivity index (χ2v) is 5.11. The normalized spacial score (nSPS) is 20.8. The SMILES string of the molecule is C#C.CN1CC[I-]CC1. The zero-order valence-electron chi connectivity index (χ0n) is 5.81. The van der Waals surface area contributed by atoms with Crippen LogP contribution in [0.5, 0.6) is 0 Å². The molecule has 0 N–H and O–H groups in total. The van der Waals surface area contributed by atoms with Gasteiger partial charge in [-0.2, -0.15) is 0 Å². The molecular formula is C7H13IN-. The van der Waals surface area contributed by atoms with Gasteiger partial charge >= 0.3 is 55.1 Å². The maximum atomic E-state index is 4.00. The number of halogens is 1. The second kappa shape index (κ2) is 6.37. The van der Waals surface area contributed by atoms with Gasteiger partial charge in [-0.1, -0.05) is 0 Å². The van der Waals surface area contributed by atoms with Gasteiger partial charge in [-0.3, -0.25) is 0 Å². The van der Waals surface area contributed by atoms with Crippen molar-refractivity contribution in [2.75, 3.05) is 29.0 Å². The van der Waals surface area contributed by atoms with Crippen molar-refractivity contribution in [3.63, 3.8) is 0 Å². The summed E-state index contributed by atoms with van der Waals surface area (Å²) in [5.41, 5.74) is 0. The number of alkyl halides is 2. The van der Waals surface area contributed by atoms with Gasteiger partial charge in [0.15, 0.2) is 0 Å². The van der Waals surface area contributed by atoms with E-state index in [-0.39, 0.29) is 0 Å². The zero-order chi connectivity index (χ0) is 7.11. The molecule has 0 bridgehead atoms. The molecule has 0 radical (unpaired) electrons. The van der Waals surface area contributed by atoms with E-state index in [0.717, 1.165) is 0 Å². The van der Waals surface area contributed by atoms with Crippen LogP contribution >= 0.6 is 0 Å². The molecule has 2 heteroatoms. The van der Waals surface area contributed by atoms with Crippen LogP contribution in [-0.2, 0) is 0 Å². The van der Waals surface area contributed by atoms with Crippen molar-refractivity contribution in [3.05, 3.63) is 0 Å². The van der Waals surface area contributed by atoms with Gasteiger partial charge < -0.3 is 0 Å². The standard InChI is InChI=1S/C5H11IN.C2H2/c1-7-4-2-6-3-5-7;1-2/h2-5H2,1H3;1-2H/q-1;. The van der Waals surface area contributed by atoms with Crippen LogP contribution in [0.2, 0.25) is 0 Å². The Hall–Kier alpha value is 0.250. The predicted molar refractivity (Wildman–Crippen MR) is 37.1 cm³/mol. The Balaban J connectivity index is 0.000000291. The summed E-state index contributed by atoms with van der Waals surface area (Å²) in [4.78, 5) is 2.42. The van der Waals surface area contributed by atoms with Crippen molar-refractivity contribution in [1.29, 1.82) is 0 Å². The third-order valence-electron chi connectivity index (χ3n) is 1.20. The van der Waals surface area contributed by atoms with Crippen molar-refractivity contribution in [3.8, 4) is 12.8 Å². The van der Waals surface area contributed by atoms with Gasteiger partial charge in [0.2, 0.25) is 0 Å². The van der Waals surface area contributed by atoms with Gasteiger partial charge in [0.1, 0.15) is 0 Å². The number of hydrogen-bond donors (Lipinski definition) is 0. The fourth-order valence-corrected chi connectivity index (χ4v) is 3.48. The van der Waals surface area contributed by atoms with Gasteiger partial charge in [-0.05, 0) is 0 Å². The average molecular weight is 238 g/mol. The summed E-state index contributed by atoms with van der Waals surface area (Å²) < 4.78 is 3.05. The molecule has 0 saturated carbocycles. The Morgan fingerprint density at radius 1 is 1.22 bits per heavy atom. The van der Waals surface area contributed by atoms with Crippen molar-refractivity contribution >= 4 is 0 Å². The first-order valence-corrected chi connectivity index (χ1v) is 6.00. The van der Waals surface area contributed by atoms with Crippen LogP contribution in [0.15, 0.2) is 0 Å². The Bertz CT molecular complexity index is 74.2. The van der Waals surface area contributed by atoms with Crippen LogP contribution < -0.4 is 21.2 Å². The Labute approximate surface area is 68.1 Å². The Morgan fingerprint density at radius 3 is 1.89 bits per heavy atom. The molecule has 1 fully saturated rings. The van der Waals surface area contributed by atoms with Crippen molar-refractivity contribution < 1.29 is 21.2 Å². The maximum absolute atomic E-state index is 4.00. The van der Waals surface area contributed by atoms with Gasteiger partial charge in [-0.25, -0.2) is 0 Å². The summed E-state index contributed by atoms with van der Waals surface area (Å²) in [5.74, 6) is 0. The van der Waals surface area contributed by atoms with E-state index in [9.17, 15) is 0 Å². The van der Waals surface area contributed by atoms with Crippen LogP contribution in [-0.4, -0.2) is 33.9 Å². The molecule has 0 spiro atoms. The van der Waals surface area contributed by atoms with E-state index in [0.29, 0.717) is 21.2 Å². The molecule has 54 valence electrons. The van der Waals surface area contributed by atoms with Crippen LogP contribution in [0.25, 0.3) is 0 Å². The van der Waals surface area contributed by atoms with E-state index in [1.807, 2.05) is 0 Å². The molecule has 0 aromatic rings. The molecule has 0 atom stereocenters. The summed E-state index contributed by atoms with van der Waals surface area (Å²) in [6, 6.07) is 0. The molecule has 1 aliphatic rings. The quantitative estimate of drug-likeness (QED) is 0.252. The van der Waals surface area contributed by atoms with Crippen LogP contribution in [0, 0.1) is 12.8 Å². The molecular weight excluding hydrogens is 225 g/mol. The molecule has 0 aromatic heterocycles. The first kappa shape index (κ1) is 9.25. The number of terminal acetylenes is 1. The van der Waals surface area contributed by atoms with E-state index in [2.05, 4.69) is 24.8 Å². The predicted octanol–water partition coefficient (Wildman–Crippen LogP) is -2.73. The fraction of sp³-hybridized carbons (Fsp3) is 0.714. The third-order valence-corrected chi connectivity index (χ3v) is 3.69. The van der Waals surface area contributed by atoms with E-state index < -0.39 is 0 Å². The first-order valence-electron chi connectivity index (χ1n) is 2.95. The monoisotopic (exact) mass is 238 g/mol. The molecule has 1 saturated heterocycles. The summed E-state index contributed by atoms with van der Waals surface area (Å²) in [7, 11) is 2.21. The number of hydrogen-bond acceptors (Lipinski definition) is 1. The molecule has 9 heavy (non-hydrogen) atoms. The topological polar surface area (TPSA) is 3.24 Å². The van der Waals surface area contributed by atoms with Gasteiger partial charge in [0, 0.05) is 0 Å². The molecule has 1 aliphatic heterocycles. The van der Waals surface area contributed by atoms with Crippen LogP contribution in [0.4, 0.5) is 0 Å². The molecule has 1 heterocycles. The minimum absolute atomic E-state index is 0.646. The number of rotatable bonds is 0. The van der Waals surface area contributed by atoms with Crippen molar-refractivity contribution in [1.82, 2.24) is 4.90 Å². The van der Waals surface area contributed by atoms with Crippen molar-refractivity contribution in [2.45, 2.75) is 0 Å². The molecule has 0 amide bonds. The van der Waals surface area contributed by atoms with E-state index in [4.69, 9.17) is 0 Å². The van der Waals surface area contributed by atoms with E-state index in [1.165, 1.54) is 21.9 Å². The molecule has 0 aliphatic carbocycles. The van der Waals surface area contributed by atoms with E-state index in [1.54, 1.807) is 0 Å². The van der Waals surface area contributed by atoms with E-state index >= 15 is 0 Å². The second-order valence-electron chi connectivity index (χ2n) is 1.87. The van der Waals surface area contributed by atoms with Crippen molar-refractivity contribution in [2.24, 2.45) is 0 Å². The molecule has 0 aromatic carbocycles. The summed E-state index contributed by atoms with van der Waals surface area (Å²) >= 11 is 0.646. The van der Waals surface area contributed by atoms with Gasteiger partial charge in [-0.15, -0.1) is 12.8 Å². The summed E-state index contributed by atoms with van der Waals surface area (Å²) in [6.45, 7) is 2.74. The summed E-state index contributed by atoms with van der Waals surface area (Å²) in [6.07, 6.45) is 8.00. The molecule has 1 nitrogen and oxygen atoms in total. The Morgan fingerprint density at radius 2 is 1.67 bits per heavy atom. The van der Waals surface area contributed by atoms with Crippen LogP contribution in [0.3, 0.4) is 0 Å².